The number of thioether (sulfide) groups is 1. The Hall–Kier alpha value is -0.510. The van der Waals surface area contributed by atoms with Crippen LogP contribution in [0.15, 0.2) is 0 Å². The van der Waals surface area contributed by atoms with Gasteiger partial charge in [0, 0.05) is 18.8 Å². The second-order valence-corrected chi connectivity index (χ2v) is 5.05. The predicted molar refractivity (Wildman–Crippen MR) is 58.4 cm³/mol. The third kappa shape index (κ3) is 3.70. The van der Waals surface area contributed by atoms with Gasteiger partial charge in [0.15, 0.2) is 0 Å². The van der Waals surface area contributed by atoms with Crippen LogP contribution in [0.2, 0.25) is 0 Å². The first-order chi connectivity index (χ1) is 6.59. The van der Waals surface area contributed by atoms with Gasteiger partial charge in [-0.05, 0) is 18.6 Å². The highest BCUT2D eigenvalue weighted by Gasteiger charge is 2.20. The summed E-state index contributed by atoms with van der Waals surface area (Å²) in [4.78, 5) is 24.2. The fourth-order valence-corrected chi connectivity index (χ4v) is 2.55. The topological polar surface area (TPSA) is 37.4 Å². The summed E-state index contributed by atoms with van der Waals surface area (Å²) in [6.07, 6.45) is 0.0669. The number of hydrogen-bond donors (Lipinski definition) is 0. The molecular formula is C10H17NO2S. The number of amides is 1. The molecule has 1 amide bonds. The maximum Gasteiger partial charge on any atom is 0.230 e. The number of carbonyl (C=O) groups excluding carboxylic acids is 2. The molecule has 0 saturated carbocycles. The molecule has 1 aliphatic heterocycles. The fraction of sp³-hybridized carbons (Fsp3) is 0.800. The average molecular weight is 215 g/mol. The number of hydrogen-bond acceptors (Lipinski definition) is 3. The van der Waals surface area contributed by atoms with Crippen molar-refractivity contribution < 1.29 is 9.59 Å². The summed E-state index contributed by atoms with van der Waals surface area (Å²) in [5.74, 6) is 2.60. The SMILES string of the molecule is CC(=O)CC(=O)N1CCSCC(C)C1. The van der Waals surface area contributed by atoms with E-state index < -0.39 is 0 Å². The Morgan fingerprint density at radius 2 is 2.21 bits per heavy atom. The quantitative estimate of drug-likeness (QED) is 0.649. The molecule has 1 atom stereocenters. The van der Waals surface area contributed by atoms with Crippen molar-refractivity contribution in [1.29, 1.82) is 0 Å². The molecule has 0 spiro atoms. The third-order valence-corrected chi connectivity index (χ3v) is 3.47. The van der Waals surface area contributed by atoms with E-state index in [0.717, 1.165) is 24.6 Å². The fourth-order valence-electron chi connectivity index (χ4n) is 1.53. The largest absolute Gasteiger partial charge is 0.341 e. The molecule has 1 fully saturated rings. The second kappa shape index (κ2) is 5.39. The third-order valence-electron chi connectivity index (χ3n) is 2.19. The van der Waals surface area contributed by atoms with Crippen LogP contribution in [0, 0.1) is 5.92 Å². The molecule has 4 heteroatoms. The van der Waals surface area contributed by atoms with Crippen LogP contribution in [-0.4, -0.2) is 41.2 Å². The lowest BCUT2D eigenvalue weighted by Crippen LogP contribution is -2.36. The van der Waals surface area contributed by atoms with Gasteiger partial charge in [-0.2, -0.15) is 11.8 Å². The van der Waals surface area contributed by atoms with Crippen molar-refractivity contribution in [3.05, 3.63) is 0 Å². The van der Waals surface area contributed by atoms with Gasteiger partial charge in [-0.1, -0.05) is 6.92 Å². The van der Waals surface area contributed by atoms with Crippen molar-refractivity contribution in [1.82, 2.24) is 4.90 Å². The minimum Gasteiger partial charge on any atom is -0.341 e. The van der Waals surface area contributed by atoms with Gasteiger partial charge < -0.3 is 4.90 Å². The van der Waals surface area contributed by atoms with Crippen molar-refractivity contribution in [2.45, 2.75) is 20.3 Å². The Morgan fingerprint density at radius 3 is 2.86 bits per heavy atom. The van der Waals surface area contributed by atoms with E-state index in [2.05, 4.69) is 6.92 Å². The van der Waals surface area contributed by atoms with E-state index in [4.69, 9.17) is 0 Å². The lowest BCUT2D eigenvalue weighted by molar-refractivity contribution is -0.134. The van der Waals surface area contributed by atoms with Crippen molar-refractivity contribution in [3.63, 3.8) is 0 Å². The first-order valence-corrected chi connectivity index (χ1v) is 6.10. The number of ketones is 1. The van der Waals surface area contributed by atoms with E-state index in [1.807, 2.05) is 16.7 Å². The first-order valence-electron chi connectivity index (χ1n) is 4.94. The van der Waals surface area contributed by atoms with Crippen molar-refractivity contribution in [3.8, 4) is 0 Å². The van der Waals surface area contributed by atoms with Gasteiger partial charge in [0.05, 0.1) is 6.42 Å². The molecule has 1 saturated heterocycles. The molecule has 3 nitrogen and oxygen atoms in total. The molecule has 0 aromatic heterocycles. The zero-order valence-corrected chi connectivity index (χ0v) is 9.60. The summed E-state index contributed by atoms with van der Waals surface area (Å²) in [6.45, 7) is 5.21. The molecule has 1 heterocycles. The molecule has 1 rings (SSSR count). The molecule has 1 unspecified atom stereocenters. The number of rotatable bonds is 2. The molecule has 0 aliphatic carbocycles. The van der Waals surface area contributed by atoms with E-state index in [0.29, 0.717) is 5.92 Å². The van der Waals surface area contributed by atoms with Crippen LogP contribution >= 0.6 is 11.8 Å². The lowest BCUT2D eigenvalue weighted by atomic mass is 10.2. The van der Waals surface area contributed by atoms with Crippen LogP contribution in [-0.2, 0) is 9.59 Å². The Balaban J connectivity index is 2.48. The van der Waals surface area contributed by atoms with Crippen molar-refractivity contribution in [2.24, 2.45) is 5.92 Å². The smallest absolute Gasteiger partial charge is 0.230 e. The molecular weight excluding hydrogens is 198 g/mol. The minimum absolute atomic E-state index is 0.00755. The van der Waals surface area contributed by atoms with Crippen molar-refractivity contribution >= 4 is 23.5 Å². The van der Waals surface area contributed by atoms with E-state index in [1.54, 1.807) is 0 Å². The van der Waals surface area contributed by atoms with Crippen LogP contribution in [0.25, 0.3) is 0 Å². The minimum atomic E-state index is -0.0421. The van der Waals surface area contributed by atoms with Crippen LogP contribution in [0.4, 0.5) is 0 Å². The molecule has 0 radical (unpaired) electrons. The predicted octanol–water partition coefficient (Wildman–Crippen LogP) is 1.18. The summed E-state index contributed by atoms with van der Waals surface area (Å²) in [6, 6.07) is 0. The van der Waals surface area contributed by atoms with Crippen LogP contribution in [0.3, 0.4) is 0 Å². The summed E-state index contributed by atoms with van der Waals surface area (Å²) >= 11 is 1.89. The maximum absolute atomic E-state index is 11.6. The highest BCUT2D eigenvalue weighted by molar-refractivity contribution is 7.99. The van der Waals surface area contributed by atoms with E-state index in [-0.39, 0.29) is 18.1 Å². The molecule has 14 heavy (non-hydrogen) atoms. The molecule has 0 aromatic rings. The lowest BCUT2D eigenvalue weighted by Gasteiger charge is -2.21. The number of nitrogens with zero attached hydrogens (tertiary/aromatic N) is 1. The molecule has 0 aromatic carbocycles. The van der Waals surface area contributed by atoms with Gasteiger partial charge in [-0.3, -0.25) is 9.59 Å². The summed E-state index contributed by atoms with van der Waals surface area (Å²) in [5, 5.41) is 0. The maximum atomic E-state index is 11.6. The van der Waals surface area contributed by atoms with Gasteiger partial charge in [0.2, 0.25) is 5.91 Å². The Labute approximate surface area is 89.2 Å². The average Bonchev–Trinajstić information content (AvgIpc) is 2.28. The second-order valence-electron chi connectivity index (χ2n) is 3.90. The highest BCUT2D eigenvalue weighted by Crippen LogP contribution is 2.15. The number of carbonyl (C=O) groups is 2. The van der Waals surface area contributed by atoms with Crippen molar-refractivity contribution in [2.75, 3.05) is 24.6 Å². The summed E-state index contributed by atoms with van der Waals surface area (Å²) in [5.41, 5.74) is 0. The monoisotopic (exact) mass is 215 g/mol. The molecule has 0 bridgehead atoms. The van der Waals surface area contributed by atoms with E-state index in [1.165, 1.54) is 6.92 Å². The zero-order valence-electron chi connectivity index (χ0n) is 8.78. The van der Waals surface area contributed by atoms with Gasteiger partial charge in [0.1, 0.15) is 5.78 Å². The number of Topliss-reactive ketones (excluding diaryl/α,β-unsaturated/α-hetero) is 1. The van der Waals surface area contributed by atoms with Crippen LogP contribution in [0.1, 0.15) is 20.3 Å². The summed E-state index contributed by atoms with van der Waals surface area (Å²) < 4.78 is 0. The van der Waals surface area contributed by atoms with E-state index >= 15 is 0 Å². The molecule has 0 N–H and O–H groups in total. The molecule has 1 aliphatic rings. The van der Waals surface area contributed by atoms with Crippen LogP contribution < -0.4 is 0 Å². The van der Waals surface area contributed by atoms with Gasteiger partial charge in [-0.15, -0.1) is 0 Å². The van der Waals surface area contributed by atoms with Gasteiger partial charge in [0.25, 0.3) is 0 Å². The Morgan fingerprint density at radius 1 is 1.50 bits per heavy atom. The Bertz CT molecular complexity index is 230. The van der Waals surface area contributed by atoms with E-state index in [9.17, 15) is 9.59 Å². The molecule has 80 valence electrons. The normalized spacial score (nSPS) is 23.0. The highest BCUT2D eigenvalue weighted by atomic mass is 32.2. The Kier molecular flexibility index (Phi) is 4.45. The van der Waals surface area contributed by atoms with Crippen LogP contribution in [0.5, 0.6) is 0 Å². The summed E-state index contributed by atoms with van der Waals surface area (Å²) in [7, 11) is 0. The van der Waals surface area contributed by atoms with Gasteiger partial charge >= 0.3 is 0 Å². The van der Waals surface area contributed by atoms with Gasteiger partial charge in [-0.25, -0.2) is 0 Å². The standard InChI is InChI=1S/C10H17NO2S/c1-8-6-11(3-4-14-7-8)10(13)5-9(2)12/h8H,3-7H2,1-2H3. The first kappa shape index (κ1) is 11.6. The zero-order chi connectivity index (χ0) is 10.6.